The van der Waals surface area contributed by atoms with E-state index >= 15 is 0 Å². The molecule has 3 aromatic carbocycles. The monoisotopic (exact) mass is 457 g/mol. The summed E-state index contributed by atoms with van der Waals surface area (Å²) in [6, 6.07) is 18.9. The first-order valence-electron chi connectivity index (χ1n) is 11.0. The average Bonchev–Trinajstić information content (AvgIpc) is 3.27. The second kappa shape index (κ2) is 10.2. The molecule has 174 valence electrons. The second-order valence-electron chi connectivity index (χ2n) is 7.70. The number of carbonyl (C=O) groups excluding carboxylic acids is 1. The van der Waals surface area contributed by atoms with Gasteiger partial charge in [-0.2, -0.15) is 0 Å². The van der Waals surface area contributed by atoms with Crippen molar-refractivity contribution < 1.29 is 23.4 Å². The SMILES string of the molecule is CCOc1cc2occ(-c3cccc(OC)c3)c2cc1/C(C)=C/C(=O)Nc1ccc(OC)cc1. The van der Waals surface area contributed by atoms with Crippen LogP contribution in [0.2, 0.25) is 0 Å². The largest absolute Gasteiger partial charge is 0.497 e. The number of rotatable bonds is 8. The standard InChI is InChI=1S/C28H27NO5/c1-5-33-26-16-27-24(25(17-34-27)19-7-6-8-22(14-19)32-4)15-23(26)18(2)13-28(30)29-20-9-11-21(31-3)12-10-20/h6-17H,5H2,1-4H3,(H,29,30)/b18-13+. The summed E-state index contributed by atoms with van der Waals surface area (Å²) in [4.78, 5) is 12.7. The van der Waals surface area contributed by atoms with E-state index in [-0.39, 0.29) is 5.91 Å². The summed E-state index contributed by atoms with van der Waals surface area (Å²) in [5.41, 5.74) is 4.91. The summed E-state index contributed by atoms with van der Waals surface area (Å²) in [7, 11) is 3.25. The normalized spacial score (nSPS) is 11.4. The number of fused-ring (bicyclic) bond motifs is 1. The van der Waals surface area contributed by atoms with E-state index in [4.69, 9.17) is 18.6 Å². The van der Waals surface area contributed by atoms with Crippen LogP contribution in [0.1, 0.15) is 19.4 Å². The molecular weight excluding hydrogens is 430 g/mol. The third-order valence-electron chi connectivity index (χ3n) is 5.49. The molecule has 0 atom stereocenters. The lowest BCUT2D eigenvalue weighted by molar-refractivity contribution is -0.111. The lowest BCUT2D eigenvalue weighted by atomic mass is 9.99. The van der Waals surface area contributed by atoms with Crippen molar-refractivity contribution in [2.45, 2.75) is 13.8 Å². The molecule has 6 heteroatoms. The number of amides is 1. The van der Waals surface area contributed by atoms with E-state index < -0.39 is 0 Å². The van der Waals surface area contributed by atoms with Crippen molar-refractivity contribution in [2.24, 2.45) is 0 Å². The molecule has 0 aliphatic carbocycles. The summed E-state index contributed by atoms with van der Waals surface area (Å²) in [6.07, 6.45) is 3.30. The van der Waals surface area contributed by atoms with Crippen molar-refractivity contribution in [1.82, 2.24) is 0 Å². The van der Waals surface area contributed by atoms with Crippen LogP contribution in [0, 0.1) is 0 Å². The Hall–Kier alpha value is -4.19. The number of methoxy groups -OCH3 is 2. The Labute approximate surface area is 198 Å². The van der Waals surface area contributed by atoms with Gasteiger partial charge in [0.15, 0.2) is 0 Å². The van der Waals surface area contributed by atoms with Gasteiger partial charge in [-0.25, -0.2) is 0 Å². The third kappa shape index (κ3) is 4.91. The zero-order valence-electron chi connectivity index (χ0n) is 19.7. The Kier molecular flexibility index (Phi) is 6.87. The van der Waals surface area contributed by atoms with Crippen molar-refractivity contribution in [3.05, 3.63) is 78.6 Å². The first-order chi connectivity index (χ1) is 16.5. The number of anilines is 1. The highest BCUT2D eigenvalue weighted by Crippen LogP contribution is 2.38. The van der Waals surface area contributed by atoms with E-state index in [0.29, 0.717) is 23.6 Å². The van der Waals surface area contributed by atoms with Gasteiger partial charge in [-0.05, 0) is 67.4 Å². The Morgan fingerprint density at radius 3 is 2.47 bits per heavy atom. The van der Waals surface area contributed by atoms with Gasteiger partial charge >= 0.3 is 0 Å². The van der Waals surface area contributed by atoms with Crippen LogP contribution in [0.25, 0.3) is 27.7 Å². The maximum absolute atomic E-state index is 12.7. The molecule has 0 saturated carbocycles. The van der Waals surface area contributed by atoms with Crippen LogP contribution in [-0.4, -0.2) is 26.7 Å². The quantitative estimate of drug-likeness (QED) is 0.304. The number of carbonyl (C=O) groups is 1. The highest BCUT2D eigenvalue weighted by atomic mass is 16.5. The molecule has 0 fully saturated rings. The van der Waals surface area contributed by atoms with Crippen LogP contribution in [0.5, 0.6) is 17.2 Å². The minimum Gasteiger partial charge on any atom is -0.497 e. The Bertz CT molecular complexity index is 1330. The molecule has 0 bridgehead atoms. The van der Waals surface area contributed by atoms with Crippen molar-refractivity contribution in [2.75, 3.05) is 26.1 Å². The molecule has 1 amide bonds. The van der Waals surface area contributed by atoms with E-state index in [9.17, 15) is 4.79 Å². The molecular formula is C28H27NO5. The van der Waals surface area contributed by atoms with Gasteiger partial charge < -0.3 is 23.9 Å². The van der Waals surface area contributed by atoms with Crippen LogP contribution >= 0.6 is 0 Å². The molecule has 1 heterocycles. The summed E-state index contributed by atoms with van der Waals surface area (Å²) in [6.45, 7) is 4.31. The van der Waals surface area contributed by atoms with Gasteiger partial charge in [0.05, 0.1) is 27.1 Å². The number of benzene rings is 3. The smallest absolute Gasteiger partial charge is 0.248 e. The van der Waals surface area contributed by atoms with Gasteiger partial charge in [0, 0.05) is 34.3 Å². The van der Waals surface area contributed by atoms with Gasteiger partial charge in [-0.1, -0.05) is 12.1 Å². The Morgan fingerprint density at radius 1 is 1.00 bits per heavy atom. The zero-order valence-corrected chi connectivity index (χ0v) is 19.7. The predicted octanol–water partition coefficient (Wildman–Crippen LogP) is 6.56. The minimum atomic E-state index is -0.231. The molecule has 4 rings (SSSR count). The fraction of sp³-hybridized carbons (Fsp3) is 0.179. The molecule has 4 aromatic rings. The second-order valence-corrected chi connectivity index (χ2v) is 7.70. The fourth-order valence-corrected chi connectivity index (χ4v) is 3.78. The fourth-order valence-electron chi connectivity index (χ4n) is 3.78. The summed E-state index contributed by atoms with van der Waals surface area (Å²) in [5.74, 6) is 1.92. The van der Waals surface area contributed by atoms with Crippen molar-refractivity contribution >= 4 is 28.1 Å². The summed E-state index contributed by atoms with van der Waals surface area (Å²) < 4.78 is 22.3. The number of hydrogen-bond acceptors (Lipinski definition) is 5. The van der Waals surface area contributed by atoms with E-state index in [1.807, 2.05) is 50.2 Å². The van der Waals surface area contributed by atoms with Crippen LogP contribution in [0.4, 0.5) is 5.69 Å². The topological polar surface area (TPSA) is 69.9 Å². The highest BCUT2D eigenvalue weighted by molar-refractivity contribution is 6.05. The number of allylic oxidation sites excluding steroid dienone is 1. The van der Waals surface area contributed by atoms with Crippen LogP contribution in [0.15, 0.2) is 77.4 Å². The van der Waals surface area contributed by atoms with Gasteiger partial charge in [0.2, 0.25) is 5.91 Å². The van der Waals surface area contributed by atoms with E-state index in [1.165, 1.54) is 0 Å². The zero-order chi connectivity index (χ0) is 24.1. The molecule has 1 N–H and O–H groups in total. The van der Waals surface area contributed by atoms with Gasteiger partial charge in [-0.15, -0.1) is 0 Å². The van der Waals surface area contributed by atoms with Crippen LogP contribution < -0.4 is 19.5 Å². The summed E-state index contributed by atoms with van der Waals surface area (Å²) in [5, 5.41) is 3.81. The Morgan fingerprint density at radius 2 is 1.76 bits per heavy atom. The number of ether oxygens (including phenoxy) is 3. The first kappa shape index (κ1) is 23.0. The molecule has 34 heavy (non-hydrogen) atoms. The van der Waals surface area contributed by atoms with Crippen molar-refractivity contribution in [1.29, 1.82) is 0 Å². The Balaban J connectivity index is 1.70. The first-order valence-corrected chi connectivity index (χ1v) is 11.0. The number of furan rings is 1. The molecule has 0 aliphatic rings. The van der Waals surface area contributed by atoms with Crippen molar-refractivity contribution in [3.8, 4) is 28.4 Å². The van der Waals surface area contributed by atoms with Gasteiger partial charge in [0.1, 0.15) is 22.8 Å². The van der Waals surface area contributed by atoms with Gasteiger partial charge in [0.25, 0.3) is 0 Å². The van der Waals surface area contributed by atoms with Crippen LogP contribution in [-0.2, 0) is 4.79 Å². The molecule has 0 saturated heterocycles. The number of nitrogens with one attached hydrogen (secondary N) is 1. The predicted molar refractivity (Wildman–Crippen MR) is 135 cm³/mol. The molecule has 1 aromatic heterocycles. The molecule has 0 spiro atoms. The molecule has 0 unspecified atom stereocenters. The lowest BCUT2D eigenvalue weighted by Crippen LogP contribution is -2.08. The van der Waals surface area contributed by atoms with E-state index in [2.05, 4.69) is 5.32 Å². The van der Waals surface area contributed by atoms with Crippen molar-refractivity contribution in [3.63, 3.8) is 0 Å². The van der Waals surface area contributed by atoms with Gasteiger partial charge in [-0.3, -0.25) is 4.79 Å². The molecule has 0 radical (unpaired) electrons. The molecule has 0 aliphatic heterocycles. The third-order valence-corrected chi connectivity index (χ3v) is 5.49. The minimum absolute atomic E-state index is 0.231. The average molecular weight is 458 g/mol. The van der Waals surface area contributed by atoms with E-state index in [0.717, 1.165) is 39.1 Å². The van der Waals surface area contributed by atoms with E-state index in [1.54, 1.807) is 50.8 Å². The lowest BCUT2D eigenvalue weighted by Gasteiger charge is -2.12. The highest BCUT2D eigenvalue weighted by Gasteiger charge is 2.16. The van der Waals surface area contributed by atoms with Crippen LogP contribution in [0.3, 0.4) is 0 Å². The molecule has 6 nitrogen and oxygen atoms in total. The maximum Gasteiger partial charge on any atom is 0.248 e. The maximum atomic E-state index is 12.7. The number of hydrogen-bond donors (Lipinski definition) is 1. The summed E-state index contributed by atoms with van der Waals surface area (Å²) >= 11 is 0.